The third-order valence-electron chi connectivity index (χ3n) is 14.7. The van der Waals surface area contributed by atoms with Gasteiger partial charge in [-0.15, -0.1) is 0 Å². The highest BCUT2D eigenvalue weighted by atomic mass is 14.6. The molecule has 0 radical (unpaired) electrons. The highest BCUT2D eigenvalue weighted by Crippen LogP contribution is 2.67. The monoisotopic (exact) mass is 806 g/mol. The van der Waals surface area contributed by atoms with Crippen molar-refractivity contribution in [3.63, 3.8) is 0 Å². The maximum atomic E-state index is 2.59. The van der Waals surface area contributed by atoms with E-state index in [1.54, 1.807) is 0 Å². The van der Waals surface area contributed by atoms with Crippen molar-refractivity contribution in [1.29, 1.82) is 0 Å². The van der Waals surface area contributed by atoms with Crippen LogP contribution in [0, 0.1) is 10.8 Å². The van der Waals surface area contributed by atoms with Gasteiger partial charge >= 0.3 is 0 Å². The van der Waals surface area contributed by atoms with Crippen LogP contribution in [0.15, 0.2) is 194 Å². The summed E-state index contributed by atoms with van der Waals surface area (Å²) in [4.78, 5) is 0. The van der Waals surface area contributed by atoms with Crippen LogP contribution in [0.4, 0.5) is 0 Å². The lowest BCUT2D eigenvalue weighted by atomic mass is 9.49. The van der Waals surface area contributed by atoms with E-state index in [0.717, 1.165) is 0 Å². The molecule has 0 heterocycles. The van der Waals surface area contributed by atoms with E-state index in [1.807, 2.05) is 0 Å². The van der Waals surface area contributed by atoms with Gasteiger partial charge in [-0.25, -0.2) is 0 Å². The first kappa shape index (κ1) is 37.7. The Morgan fingerprint density at radius 1 is 0.286 bits per heavy atom. The van der Waals surface area contributed by atoms with Gasteiger partial charge in [0.2, 0.25) is 0 Å². The number of rotatable bonds is 3. The molecule has 0 spiro atoms. The lowest BCUT2D eigenvalue weighted by Crippen LogP contribution is -2.50. The summed E-state index contributed by atoms with van der Waals surface area (Å²) in [7, 11) is 0. The molecule has 0 unspecified atom stereocenters. The van der Waals surface area contributed by atoms with Gasteiger partial charge in [0.05, 0.1) is 0 Å². The molecule has 0 atom stereocenters. The molecule has 0 saturated carbocycles. The normalized spacial score (nSPS) is 13.7. The van der Waals surface area contributed by atoms with E-state index in [0.29, 0.717) is 0 Å². The average Bonchev–Trinajstić information content (AvgIpc) is 3.62. The van der Waals surface area contributed by atoms with Crippen molar-refractivity contribution in [2.24, 2.45) is 10.8 Å². The summed E-state index contributed by atoms with van der Waals surface area (Å²) in [5.41, 5.74) is 12.8. The highest BCUT2D eigenvalue weighted by Gasteiger charge is 2.58. The molecule has 11 aromatic carbocycles. The lowest BCUT2D eigenvalue weighted by Gasteiger charge is -2.53. The molecule has 11 aromatic rings. The third kappa shape index (κ3) is 5.28. The molecule has 63 heavy (non-hydrogen) atoms. The van der Waals surface area contributed by atoms with Crippen LogP contribution in [0.5, 0.6) is 0 Å². The van der Waals surface area contributed by atoms with Crippen molar-refractivity contribution >= 4 is 64.6 Å². The molecule has 0 aromatic heterocycles. The van der Waals surface area contributed by atoms with E-state index in [4.69, 9.17) is 0 Å². The highest BCUT2D eigenvalue weighted by molar-refractivity contribution is 6.23. The van der Waals surface area contributed by atoms with E-state index in [2.05, 4.69) is 236 Å². The summed E-state index contributed by atoms with van der Waals surface area (Å²) in [6, 6.07) is 73.3. The standard InChI is InChI=1S/C63H50/c1-61(2,3)63(62(4,5)6)56-38-44-36-43(34-33-40(44)37-55(56)59-49-26-11-9-24-47(49)48-25-10-16-31-54(48)60(59)63)58-52-29-14-12-27-50(52)57(51-28-13-15-30-53(51)58)42-22-17-21-41(35-42)46-32-18-20-39-19-7-8-23-45(39)46/h7-38H,1-6H3. The maximum absolute atomic E-state index is 2.59. The Bertz CT molecular complexity index is 3620. The zero-order valence-corrected chi connectivity index (χ0v) is 37.0. The first-order valence-corrected chi connectivity index (χ1v) is 22.6. The van der Waals surface area contributed by atoms with Crippen molar-refractivity contribution < 1.29 is 0 Å². The molecule has 0 fully saturated rings. The fraction of sp³-hybridized carbons (Fsp3) is 0.143. The second-order valence-corrected chi connectivity index (χ2v) is 20.0. The summed E-state index contributed by atoms with van der Waals surface area (Å²) < 4.78 is 0. The van der Waals surface area contributed by atoms with Gasteiger partial charge in [-0.1, -0.05) is 211 Å². The van der Waals surface area contributed by atoms with Crippen molar-refractivity contribution in [3.05, 3.63) is 205 Å². The summed E-state index contributed by atoms with van der Waals surface area (Å²) >= 11 is 0. The van der Waals surface area contributed by atoms with Crippen LogP contribution < -0.4 is 0 Å². The van der Waals surface area contributed by atoms with Gasteiger partial charge in [0, 0.05) is 5.41 Å². The number of hydrogen-bond acceptors (Lipinski definition) is 0. The van der Waals surface area contributed by atoms with Crippen LogP contribution in [0.1, 0.15) is 52.7 Å². The smallest absolute Gasteiger partial charge is 0.0318 e. The molecule has 302 valence electrons. The summed E-state index contributed by atoms with van der Waals surface area (Å²) in [6.07, 6.45) is 0. The molecular formula is C63H50. The van der Waals surface area contributed by atoms with Crippen molar-refractivity contribution in [1.82, 2.24) is 0 Å². The molecule has 1 aliphatic rings. The average molecular weight is 807 g/mol. The Balaban J connectivity index is 1.11. The second-order valence-electron chi connectivity index (χ2n) is 20.0. The van der Waals surface area contributed by atoms with Crippen molar-refractivity contribution in [3.8, 4) is 44.5 Å². The van der Waals surface area contributed by atoms with Gasteiger partial charge in [0.25, 0.3) is 0 Å². The molecule has 0 bridgehead atoms. The minimum Gasteiger partial charge on any atom is -0.0616 e. The van der Waals surface area contributed by atoms with E-state index >= 15 is 0 Å². The van der Waals surface area contributed by atoms with Gasteiger partial charge in [-0.2, -0.15) is 0 Å². The van der Waals surface area contributed by atoms with Gasteiger partial charge < -0.3 is 0 Å². The predicted octanol–water partition coefficient (Wildman–Crippen LogP) is 18.0. The molecule has 0 nitrogen and oxygen atoms in total. The summed E-state index contributed by atoms with van der Waals surface area (Å²) in [5, 5.41) is 15.6. The predicted molar refractivity (Wildman–Crippen MR) is 273 cm³/mol. The van der Waals surface area contributed by atoms with Crippen molar-refractivity contribution in [2.45, 2.75) is 47.0 Å². The van der Waals surface area contributed by atoms with Crippen LogP contribution in [0.2, 0.25) is 0 Å². The zero-order chi connectivity index (χ0) is 42.8. The topological polar surface area (TPSA) is 0 Å². The molecule has 0 saturated heterocycles. The SMILES string of the molecule is CC(C)(C)C1(C(C)(C)C)c2cc3cc(-c4c5ccccc5c(-c5cccc(-c6cccc7ccccc67)c5)c5ccccc45)ccc3cc2-c2c1c1ccccc1c1ccccc21. The van der Waals surface area contributed by atoms with E-state index in [1.165, 1.54) is 120 Å². The van der Waals surface area contributed by atoms with Crippen LogP contribution in [-0.2, 0) is 5.41 Å². The Hall–Kier alpha value is -7.02. The van der Waals surface area contributed by atoms with Crippen LogP contribution in [0.25, 0.3) is 109 Å². The molecule has 1 aliphatic carbocycles. The minimum absolute atomic E-state index is 0.102. The van der Waals surface area contributed by atoms with Crippen molar-refractivity contribution in [2.75, 3.05) is 0 Å². The molecular weight excluding hydrogens is 757 g/mol. The van der Waals surface area contributed by atoms with Gasteiger partial charge in [-0.3, -0.25) is 0 Å². The molecule has 0 N–H and O–H groups in total. The number of fused-ring (bicyclic) bond motifs is 12. The van der Waals surface area contributed by atoms with E-state index in [9.17, 15) is 0 Å². The van der Waals surface area contributed by atoms with Gasteiger partial charge in [-0.05, 0) is 155 Å². The summed E-state index contributed by atoms with van der Waals surface area (Å²) in [5.74, 6) is 0. The fourth-order valence-electron chi connectivity index (χ4n) is 12.7. The maximum Gasteiger partial charge on any atom is 0.0318 e. The quantitative estimate of drug-likeness (QED) is 0.123. The summed E-state index contributed by atoms with van der Waals surface area (Å²) in [6.45, 7) is 14.8. The van der Waals surface area contributed by atoms with Gasteiger partial charge in [0.15, 0.2) is 0 Å². The number of benzene rings is 11. The molecule has 0 aliphatic heterocycles. The minimum atomic E-state index is -0.278. The fourth-order valence-corrected chi connectivity index (χ4v) is 12.7. The Morgan fingerprint density at radius 2 is 0.746 bits per heavy atom. The van der Waals surface area contributed by atoms with Gasteiger partial charge in [0.1, 0.15) is 0 Å². The Morgan fingerprint density at radius 3 is 1.35 bits per heavy atom. The first-order chi connectivity index (χ1) is 30.5. The van der Waals surface area contributed by atoms with Crippen LogP contribution in [-0.4, -0.2) is 0 Å². The number of hydrogen-bond donors (Lipinski definition) is 0. The molecule has 12 rings (SSSR count). The largest absolute Gasteiger partial charge is 0.0616 e. The third-order valence-corrected chi connectivity index (χ3v) is 14.7. The zero-order valence-electron chi connectivity index (χ0n) is 37.0. The lowest BCUT2D eigenvalue weighted by molar-refractivity contribution is 0.0965. The second kappa shape index (κ2) is 13.5. The molecule has 0 amide bonds. The van der Waals surface area contributed by atoms with E-state index in [-0.39, 0.29) is 16.2 Å². The Kier molecular flexibility index (Phi) is 8.08. The Labute approximate surface area is 370 Å². The van der Waals surface area contributed by atoms with Crippen LogP contribution >= 0.6 is 0 Å². The van der Waals surface area contributed by atoms with E-state index < -0.39 is 0 Å². The first-order valence-electron chi connectivity index (χ1n) is 22.6. The van der Waals surface area contributed by atoms with Crippen LogP contribution in [0.3, 0.4) is 0 Å². The molecule has 0 heteroatoms.